The fourth-order valence-electron chi connectivity index (χ4n) is 7.69. The largest absolute Gasteiger partial charge is 0.388 e. The van der Waals surface area contributed by atoms with Crippen molar-refractivity contribution in [2.45, 2.75) is 71.4 Å². The number of carbonyl (C=O) groups excluding carboxylic acids is 2. The third kappa shape index (κ3) is 2.35. The zero-order valence-corrected chi connectivity index (χ0v) is 18.1. The zero-order chi connectivity index (χ0) is 21.5. The second-order valence-corrected chi connectivity index (χ2v) is 10.5. The van der Waals surface area contributed by atoms with Gasteiger partial charge in [-0.1, -0.05) is 19.4 Å². The van der Waals surface area contributed by atoms with Crippen LogP contribution in [-0.4, -0.2) is 43.8 Å². The minimum absolute atomic E-state index is 0.0831. The van der Waals surface area contributed by atoms with Crippen molar-refractivity contribution < 1.29 is 19.8 Å². The zero-order valence-electron chi connectivity index (χ0n) is 18.1. The van der Waals surface area contributed by atoms with Crippen molar-refractivity contribution in [2.75, 3.05) is 6.61 Å². The number of aliphatic hydroxyl groups excluding tert-OH is 1. The number of carbonyl (C=O) groups is 2. The lowest BCUT2D eigenvalue weighted by Gasteiger charge is -2.57. The minimum atomic E-state index is -1.59. The molecule has 3 fully saturated rings. The molecule has 0 radical (unpaired) electrons. The van der Waals surface area contributed by atoms with Crippen LogP contribution in [0.4, 0.5) is 0 Å². The van der Waals surface area contributed by atoms with Crippen LogP contribution in [0.25, 0.3) is 6.08 Å². The summed E-state index contributed by atoms with van der Waals surface area (Å²) in [6, 6.07) is 0. The predicted molar refractivity (Wildman–Crippen MR) is 111 cm³/mol. The van der Waals surface area contributed by atoms with Gasteiger partial charge >= 0.3 is 0 Å². The summed E-state index contributed by atoms with van der Waals surface area (Å²) in [5.74, 6) is -0.152. The third-order valence-electron chi connectivity index (χ3n) is 9.25. The Bertz CT molecular complexity index is 964. The molecule has 2 N–H and O–H groups in total. The molecule has 1 heterocycles. The van der Waals surface area contributed by atoms with Crippen LogP contribution in [0.5, 0.6) is 0 Å². The molecule has 3 saturated carbocycles. The number of hydrogen-bond acceptors (Lipinski definition) is 5. The molecule has 1 aromatic heterocycles. The number of aliphatic hydroxyl groups is 2. The van der Waals surface area contributed by atoms with Gasteiger partial charge in [0, 0.05) is 35.9 Å². The Morgan fingerprint density at radius 3 is 2.77 bits per heavy atom. The fraction of sp³-hybridized carbons (Fsp3) is 0.708. The standard InChI is InChI=1S/C24H32N2O4/c1-4-26-12-14-10-22(2)15(9-18(14)25-26)5-6-16-17-7-8-24(30,20(29)13-27)23(17,3)11-19(28)21(16)22/h9,12,16-17,21,27,30H,4-8,10-11,13H2,1-3H3/t16-,17-,21+,22-,23-,24-/m0/s1. The van der Waals surface area contributed by atoms with E-state index in [1.165, 1.54) is 11.1 Å². The van der Waals surface area contributed by atoms with Crippen LogP contribution < -0.4 is 0 Å². The topological polar surface area (TPSA) is 92.4 Å². The Morgan fingerprint density at radius 1 is 1.30 bits per heavy atom. The number of aryl methyl sites for hydroxylation is 1. The molecule has 4 aliphatic carbocycles. The molecule has 0 aliphatic heterocycles. The molecule has 6 heteroatoms. The van der Waals surface area contributed by atoms with Gasteiger partial charge in [0.1, 0.15) is 18.0 Å². The van der Waals surface area contributed by atoms with Crippen LogP contribution in [0.3, 0.4) is 0 Å². The second kappa shape index (κ2) is 6.36. The van der Waals surface area contributed by atoms with Crippen molar-refractivity contribution in [3.8, 4) is 0 Å². The number of aromatic nitrogens is 2. The molecular formula is C24H32N2O4. The van der Waals surface area contributed by atoms with Gasteiger partial charge in [-0.3, -0.25) is 14.3 Å². The average molecular weight is 413 g/mol. The summed E-state index contributed by atoms with van der Waals surface area (Å²) < 4.78 is 1.97. The van der Waals surface area contributed by atoms with E-state index >= 15 is 0 Å². The summed E-state index contributed by atoms with van der Waals surface area (Å²) in [4.78, 5) is 26.2. The third-order valence-corrected chi connectivity index (χ3v) is 9.25. The number of rotatable bonds is 3. The van der Waals surface area contributed by atoms with E-state index in [1.807, 2.05) is 11.6 Å². The minimum Gasteiger partial charge on any atom is -0.388 e. The maximum absolute atomic E-state index is 13.7. The summed E-state index contributed by atoms with van der Waals surface area (Å²) in [6.07, 6.45) is 8.28. The highest BCUT2D eigenvalue weighted by Gasteiger charge is 2.68. The Kier molecular flexibility index (Phi) is 4.27. The van der Waals surface area contributed by atoms with Crippen LogP contribution in [0, 0.1) is 28.6 Å². The maximum atomic E-state index is 13.7. The summed E-state index contributed by atoms with van der Waals surface area (Å²) in [6.45, 7) is 6.38. The normalized spacial score (nSPS) is 42.1. The molecular weight excluding hydrogens is 380 g/mol. The van der Waals surface area contributed by atoms with Gasteiger partial charge in [0.25, 0.3) is 0 Å². The molecule has 1 aromatic rings. The van der Waals surface area contributed by atoms with Crippen molar-refractivity contribution in [1.82, 2.24) is 9.78 Å². The van der Waals surface area contributed by atoms with Gasteiger partial charge in [0.05, 0.1) is 5.69 Å². The Labute approximate surface area is 177 Å². The van der Waals surface area contributed by atoms with Crippen LogP contribution in [0.1, 0.15) is 64.1 Å². The number of Topliss-reactive ketones (excluding diaryl/α,β-unsaturated/α-hetero) is 2. The van der Waals surface area contributed by atoms with Crippen LogP contribution >= 0.6 is 0 Å². The van der Waals surface area contributed by atoms with E-state index in [0.29, 0.717) is 6.42 Å². The van der Waals surface area contributed by atoms with Crippen LogP contribution in [0.15, 0.2) is 11.8 Å². The van der Waals surface area contributed by atoms with E-state index < -0.39 is 23.4 Å². The van der Waals surface area contributed by atoms with Crippen molar-refractivity contribution in [3.05, 3.63) is 23.0 Å². The lowest BCUT2D eigenvalue weighted by atomic mass is 9.46. The highest BCUT2D eigenvalue weighted by Crippen LogP contribution is 2.66. The smallest absolute Gasteiger partial charge is 0.190 e. The summed E-state index contributed by atoms with van der Waals surface area (Å²) >= 11 is 0. The highest BCUT2D eigenvalue weighted by atomic mass is 16.3. The molecule has 0 unspecified atom stereocenters. The SMILES string of the molecule is CCn1cc2c(n1)C=C1CC[C@@H]3[C@H](C(=O)C[C@@]4(C)[C@H]3CC[C@]4(O)C(=O)CO)[C@@]1(C)C2. The summed E-state index contributed by atoms with van der Waals surface area (Å²) in [5, 5.41) is 25.4. The Morgan fingerprint density at radius 2 is 2.07 bits per heavy atom. The second-order valence-electron chi connectivity index (χ2n) is 10.5. The molecule has 6 atom stereocenters. The van der Waals surface area contributed by atoms with E-state index in [-0.39, 0.29) is 35.4 Å². The lowest BCUT2D eigenvalue weighted by molar-refractivity contribution is -0.169. The molecule has 0 aromatic carbocycles. The summed E-state index contributed by atoms with van der Waals surface area (Å²) in [7, 11) is 0. The first-order valence-electron chi connectivity index (χ1n) is 11.3. The first-order valence-corrected chi connectivity index (χ1v) is 11.3. The van der Waals surface area contributed by atoms with Gasteiger partial charge in [-0.15, -0.1) is 0 Å². The number of ketones is 2. The average Bonchev–Trinajstić information content (AvgIpc) is 3.22. The first kappa shape index (κ1) is 20.1. The van der Waals surface area contributed by atoms with Crippen LogP contribution in [-0.2, 0) is 22.6 Å². The Balaban J connectivity index is 1.54. The van der Waals surface area contributed by atoms with Gasteiger partial charge in [-0.05, 0) is 62.5 Å². The molecule has 5 rings (SSSR count). The molecule has 30 heavy (non-hydrogen) atoms. The number of fused-ring (bicyclic) bond motifs is 6. The van der Waals surface area contributed by atoms with Gasteiger partial charge in [0.2, 0.25) is 0 Å². The molecule has 0 saturated heterocycles. The number of allylic oxidation sites excluding steroid dienone is 1. The van der Waals surface area contributed by atoms with Gasteiger partial charge in [-0.2, -0.15) is 5.10 Å². The van der Waals surface area contributed by atoms with Crippen molar-refractivity contribution in [2.24, 2.45) is 28.6 Å². The van der Waals surface area contributed by atoms with Crippen LogP contribution in [0.2, 0.25) is 0 Å². The Hall–Kier alpha value is -1.79. The predicted octanol–water partition coefficient (Wildman–Crippen LogP) is 2.56. The van der Waals surface area contributed by atoms with Gasteiger partial charge in [-0.25, -0.2) is 0 Å². The number of nitrogens with zero attached hydrogens (tertiary/aromatic N) is 2. The summed E-state index contributed by atoms with van der Waals surface area (Å²) in [5.41, 5.74) is 0.983. The van der Waals surface area contributed by atoms with E-state index in [2.05, 4.69) is 31.2 Å². The monoisotopic (exact) mass is 412 g/mol. The maximum Gasteiger partial charge on any atom is 0.190 e. The molecule has 6 nitrogen and oxygen atoms in total. The number of hydrogen-bond donors (Lipinski definition) is 2. The quantitative estimate of drug-likeness (QED) is 0.796. The van der Waals surface area contributed by atoms with E-state index in [0.717, 1.165) is 37.9 Å². The van der Waals surface area contributed by atoms with E-state index in [1.54, 1.807) is 0 Å². The van der Waals surface area contributed by atoms with Crippen molar-refractivity contribution in [3.63, 3.8) is 0 Å². The molecule has 0 bridgehead atoms. The van der Waals surface area contributed by atoms with Crippen molar-refractivity contribution in [1.29, 1.82) is 0 Å². The molecule has 4 aliphatic rings. The van der Waals surface area contributed by atoms with Gasteiger partial charge < -0.3 is 10.2 Å². The molecule has 0 amide bonds. The highest BCUT2D eigenvalue weighted by molar-refractivity contribution is 5.92. The fourth-order valence-corrected chi connectivity index (χ4v) is 7.69. The molecule has 162 valence electrons. The van der Waals surface area contributed by atoms with E-state index in [4.69, 9.17) is 0 Å². The lowest BCUT2D eigenvalue weighted by Crippen LogP contribution is -2.61. The molecule has 0 spiro atoms. The van der Waals surface area contributed by atoms with Gasteiger partial charge in [0.15, 0.2) is 5.78 Å². The van der Waals surface area contributed by atoms with E-state index in [9.17, 15) is 19.8 Å². The first-order chi connectivity index (χ1) is 14.2. The van der Waals surface area contributed by atoms with Crippen molar-refractivity contribution >= 4 is 17.6 Å².